The van der Waals surface area contributed by atoms with Crippen LogP contribution in [0.15, 0.2) is 30.3 Å². The lowest BCUT2D eigenvalue weighted by molar-refractivity contribution is 0.0940. The molecule has 5 nitrogen and oxygen atoms in total. The first-order chi connectivity index (χ1) is 11.9. The van der Waals surface area contributed by atoms with Crippen LogP contribution in [0.25, 0.3) is 16.7 Å². The highest BCUT2D eigenvalue weighted by molar-refractivity contribution is 6.32. The number of benzene rings is 1. The highest BCUT2D eigenvalue weighted by Gasteiger charge is 2.20. The van der Waals surface area contributed by atoms with Crippen molar-refractivity contribution in [1.82, 2.24) is 20.1 Å². The molecule has 1 N–H and O–H groups in total. The van der Waals surface area contributed by atoms with Gasteiger partial charge in [-0.05, 0) is 45.4 Å². The molecule has 1 amide bonds. The predicted octanol–water partition coefficient (Wildman–Crippen LogP) is 4.22. The zero-order chi connectivity index (χ0) is 18.1. The largest absolute Gasteiger partial charge is 0.350 e. The first-order valence-corrected chi connectivity index (χ1v) is 8.73. The van der Waals surface area contributed by atoms with Crippen molar-refractivity contribution in [2.24, 2.45) is 0 Å². The molecule has 1 atom stereocenters. The van der Waals surface area contributed by atoms with Crippen molar-refractivity contribution in [3.8, 4) is 5.69 Å². The predicted molar refractivity (Wildman–Crippen MR) is 101 cm³/mol. The molecule has 0 aliphatic rings. The maximum absolute atomic E-state index is 12.7. The third-order valence-electron chi connectivity index (χ3n) is 4.26. The van der Waals surface area contributed by atoms with E-state index >= 15 is 0 Å². The molecule has 2 aromatic heterocycles. The van der Waals surface area contributed by atoms with Crippen LogP contribution in [0.3, 0.4) is 0 Å². The van der Waals surface area contributed by atoms with E-state index in [9.17, 15) is 4.79 Å². The van der Waals surface area contributed by atoms with Crippen molar-refractivity contribution in [3.05, 3.63) is 52.3 Å². The van der Waals surface area contributed by atoms with Crippen molar-refractivity contribution in [1.29, 1.82) is 0 Å². The molecule has 2 heterocycles. The number of carbonyl (C=O) groups excluding carboxylic acids is 1. The van der Waals surface area contributed by atoms with Gasteiger partial charge < -0.3 is 5.32 Å². The number of rotatable bonds is 4. The number of para-hydroxylation sites is 1. The van der Waals surface area contributed by atoms with E-state index in [-0.39, 0.29) is 11.9 Å². The van der Waals surface area contributed by atoms with E-state index in [1.165, 1.54) is 0 Å². The van der Waals surface area contributed by atoms with Gasteiger partial charge in [0.15, 0.2) is 5.65 Å². The van der Waals surface area contributed by atoms with Gasteiger partial charge in [0.2, 0.25) is 0 Å². The molecule has 0 bridgehead atoms. The number of hydrogen-bond acceptors (Lipinski definition) is 3. The summed E-state index contributed by atoms with van der Waals surface area (Å²) in [6, 6.07) is 9.38. The quantitative estimate of drug-likeness (QED) is 0.761. The Kier molecular flexibility index (Phi) is 4.77. The molecule has 25 heavy (non-hydrogen) atoms. The Balaban J connectivity index is 2.22. The van der Waals surface area contributed by atoms with E-state index in [0.29, 0.717) is 16.2 Å². The summed E-state index contributed by atoms with van der Waals surface area (Å²) in [7, 11) is 0. The smallest absolute Gasteiger partial charge is 0.252 e. The lowest BCUT2D eigenvalue weighted by Crippen LogP contribution is -2.32. The summed E-state index contributed by atoms with van der Waals surface area (Å²) < 4.78 is 1.71. The van der Waals surface area contributed by atoms with Gasteiger partial charge in [0.1, 0.15) is 0 Å². The van der Waals surface area contributed by atoms with Gasteiger partial charge in [0.05, 0.1) is 27.4 Å². The van der Waals surface area contributed by atoms with Gasteiger partial charge in [-0.2, -0.15) is 5.10 Å². The van der Waals surface area contributed by atoms with Gasteiger partial charge in [-0.3, -0.25) is 4.79 Å². The summed E-state index contributed by atoms with van der Waals surface area (Å²) in [4.78, 5) is 17.4. The van der Waals surface area contributed by atoms with E-state index in [1.807, 2.05) is 58.0 Å². The fourth-order valence-corrected chi connectivity index (χ4v) is 3.00. The summed E-state index contributed by atoms with van der Waals surface area (Å²) >= 11 is 6.33. The maximum Gasteiger partial charge on any atom is 0.252 e. The third-order valence-corrected chi connectivity index (χ3v) is 4.58. The highest BCUT2D eigenvalue weighted by atomic mass is 35.5. The summed E-state index contributed by atoms with van der Waals surface area (Å²) in [6.07, 6.45) is 0.872. The van der Waals surface area contributed by atoms with Crippen molar-refractivity contribution in [2.45, 2.75) is 40.2 Å². The molecule has 130 valence electrons. The summed E-state index contributed by atoms with van der Waals surface area (Å²) in [5.74, 6) is -0.105. The number of aromatic nitrogens is 3. The molecule has 3 aromatic rings. The van der Waals surface area contributed by atoms with E-state index < -0.39 is 0 Å². The Morgan fingerprint density at radius 2 is 2.04 bits per heavy atom. The first kappa shape index (κ1) is 17.4. The molecule has 1 aromatic carbocycles. The standard InChI is InChI=1S/C19H21ClN4O/c1-5-11(2)22-19(25)14-10-12(3)21-18-17(14)13(4)23-24(18)16-9-7-6-8-15(16)20/h6-11H,5H2,1-4H3,(H,22,25)/t11-/m0/s1. The van der Waals surface area contributed by atoms with Crippen LogP contribution in [0.2, 0.25) is 5.02 Å². The molecular weight excluding hydrogens is 336 g/mol. The van der Waals surface area contributed by atoms with E-state index in [2.05, 4.69) is 15.4 Å². The number of nitrogens with zero attached hydrogens (tertiary/aromatic N) is 3. The lowest BCUT2D eigenvalue weighted by Gasteiger charge is -2.13. The second kappa shape index (κ2) is 6.84. The minimum atomic E-state index is -0.105. The normalized spacial score (nSPS) is 12.4. The van der Waals surface area contributed by atoms with E-state index in [4.69, 9.17) is 11.6 Å². The molecule has 0 aliphatic carbocycles. The van der Waals surface area contributed by atoms with Crippen LogP contribution in [0.4, 0.5) is 0 Å². The van der Waals surface area contributed by atoms with Gasteiger partial charge in [-0.1, -0.05) is 30.7 Å². The molecule has 0 fully saturated rings. The van der Waals surface area contributed by atoms with Gasteiger partial charge in [-0.15, -0.1) is 0 Å². The minimum absolute atomic E-state index is 0.105. The van der Waals surface area contributed by atoms with Crippen LogP contribution in [0.5, 0.6) is 0 Å². The molecular formula is C19H21ClN4O. The fraction of sp³-hybridized carbons (Fsp3) is 0.316. The van der Waals surface area contributed by atoms with Gasteiger partial charge in [0.25, 0.3) is 5.91 Å². The van der Waals surface area contributed by atoms with Gasteiger partial charge >= 0.3 is 0 Å². The van der Waals surface area contributed by atoms with E-state index in [0.717, 1.165) is 28.9 Å². The molecule has 0 radical (unpaired) electrons. The average molecular weight is 357 g/mol. The van der Waals surface area contributed by atoms with Crippen molar-refractivity contribution >= 4 is 28.5 Å². The second-order valence-corrected chi connectivity index (χ2v) is 6.65. The average Bonchev–Trinajstić information content (AvgIpc) is 2.90. The third kappa shape index (κ3) is 3.24. The zero-order valence-corrected chi connectivity index (χ0v) is 15.6. The number of pyridine rings is 1. The number of carbonyl (C=O) groups is 1. The molecule has 3 rings (SSSR count). The maximum atomic E-state index is 12.7. The SMILES string of the molecule is CC[C@H](C)NC(=O)c1cc(C)nc2c1c(C)nn2-c1ccccc1Cl. The Hall–Kier alpha value is -2.40. The first-order valence-electron chi connectivity index (χ1n) is 8.35. The number of aryl methyl sites for hydroxylation is 2. The van der Waals surface area contributed by atoms with Crippen LogP contribution in [0.1, 0.15) is 42.0 Å². The van der Waals surface area contributed by atoms with Crippen molar-refractivity contribution < 1.29 is 4.79 Å². The lowest BCUT2D eigenvalue weighted by atomic mass is 10.1. The van der Waals surface area contributed by atoms with Crippen LogP contribution in [0, 0.1) is 13.8 Å². The summed E-state index contributed by atoms with van der Waals surface area (Å²) in [5, 5.41) is 8.96. The zero-order valence-electron chi connectivity index (χ0n) is 14.8. The molecule has 0 aliphatic heterocycles. The van der Waals surface area contributed by atoms with Gasteiger partial charge in [-0.25, -0.2) is 9.67 Å². The molecule has 0 spiro atoms. The topological polar surface area (TPSA) is 59.8 Å². The van der Waals surface area contributed by atoms with Crippen molar-refractivity contribution in [3.63, 3.8) is 0 Å². The second-order valence-electron chi connectivity index (χ2n) is 6.24. The molecule has 6 heteroatoms. The number of nitrogens with one attached hydrogen (secondary N) is 1. The number of amides is 1. The number of fused-ring (bicyclic) bond motifs is 1. The number of halogens is 1. The Morgan fingerprint density at radius 3 is 2.72 bits per heavy atom. The number of hydrogen-bond donors (Lipinski definition) is 1. The van der Waals surface area contributed by atoms with Crippen LogP contribution >= 0.6 is 11.6 Å². The Morgan fingerprint density at radius 1 is 1.32 bits per heavy atom. The van der Waals surface area contributed by atoms with Crippen molar-refractivity contribution in [2.75, 3.05) is 0 Å². The molecule has 0 saturated carbocycles. The molecule has 0 saturated heterocycles. The summed E-state index contributed by atoms with van der Waals surface area (Å²) in [6.45, 7) is 7.79. The van der Waals surface area contributed by atoms with Crippen LogP contribution in [-0.4, -0.2) is 26.7 Å². The highest BCUT2D eigenvalue weighted by Crippen LogP contribution is 2.27. The monoisotopic (exact) mass is 356 g/mol. The van der Waals surface area contributed by atoms with Crippen LogP contribution in [-0.2, 0) is 0 Å². The summed E-state index contributed by atoms with van der Waals surface area (Å²) in [5.41, 5.74) is 3.49. The Labute approximate surface area is 152 Å². The Bertz CT molecular complexity index is 948. The minimum Gasteiger partial charge on any atom is -0.350 e. The van der Waals surface area contributed by atoms with Gasteiger partial charge in [0, 0.05) is 11.7 Å². The van der Waals surface area contributed by atoms with E-state index in [1.54, 1.807) is 4.68 Å². The fourth-order valence-electron chi connectivity index (χ4n) is 2.79. The van der Waals surface area contributed by atoms with Crippen LogP contribution < -0.4 is 5.32 Å². The molecule has 0 unspecified atom stereocenters.